The van der Waals surface area contributed by atoms with Gasteiger partial charge in [-0.1, -0.05) is 13.8 Å². The van der Waals surface area contributed by atoms with Crippen LogP contribution in [-0.2, 0) is 0 Å². The van der Waals surface area contributed by atoms with Gasteiger partial charge < -0.3 is 10.2 Å². The molecule has 1 aliphatic carbocycles. The Hall–Kier alpha value is -1.58. The summed E-state index contributed by atoms with van der Waals surface area (Å²) in [4.78, 5) is 18.3. The third-order valence-corrected chi connectivity index (χ3v) is 3.75. The van der Waals surface area contributed by atoms with E-state index in [0.29, 0.717) is 11.5 Å². The van der Waals surface area contributed by atoms with E-state index in [9.17, 15) is 4.79 Å². The lowest BCUT2D eigenvalue weighted by Gasteiger charge is -2.19. The first kappa shape index (κ1) is 13.8. The number of nitrogens with one attached hydrogen (secondary N) is 1. The smallest absolute Gasteiger partial charge is 0.257 e. The third kappa shape index (κ3) is 3.46. The van der Waals surface area contributed by atoms with Crippen molar-refractivity contribution in [2.24, 2.45) is 11.8 Å². The molecular formula is C15H23N3O. The molecule has 1 aromatic rings. The van der Waals surface area contributed by atoms with Crippen molar-refractivity contribution in [3.8, 4) is 0 Å². The maximum absolute atomic E-state index is 12.4. The van der Waals surface area contributed by atoms with Crippen molar-refractivity contribution in [3.63, 3.8) is 0 Å². The summed E-state index contributed by atoms with van der Waals surface area (Å²) < 4.78 is 0. The number of nitrogens with zero attached hydrogens (tertiary/aromatic N) is 2. The first-order chi connectivity index (χ1) is 9.13. The number of carbonyl (C=O) groups excluding carboxylic acids is 1. The minimum absolute atomic E-state index is 0.0609. The van der Waals surface area contributed by atoms with Crippen molar-refractivity contribution in [2.45, 2.75) is 26.7 Å². The average Bonchev–Trinajstić information content (AvgIpc) is 3.11. The van der Waals surface area contributed by atoms with Crippen molar-refractivity contribution in [1.82, 2.24) is 9.88 Å². The summed E-state index contributed by atoms with van der Waals surface area (Å²) in [6.07, 6.45) is 5.65. The maximum Gasteiger partial charge on any atom is 0.257 e. The Morgan fingerprint density at radius 3 is 2.95 bits per heavy atom. The van der Waals surface area contributed by atoms with Crippen LogP contribution in [0.1, 0.15) is 37.0 Å². The second-order valence-electron chi connectivity index (χ2n) is 5.51. The number of amides is 1. The minimum atomic E-state index is 0.0609. The van der Waals surface area contributed by atoms with E-state index in [-0.39, 0.29) is 5.91 Å². The molecule has 1 aromatic heterocycles. The molecule has 2 atom stereocenters. The molecule has 4 heteroatoms. The fraction of sp³-hybridized carbons (Fsp3) is 0.600. The van der Waals surface area contributed by atoms with Crippen LogP contribution >= 0.6 is 0 Å². The molecular weight excluding hydrogens is 238 g/mol. The van der Waals surface area contributed by atoms with E-state index in [1.165, 1.54) is 6.42 Å². The highest BCUT2D eigenvalue weighted by Crippen LogP contribution is 2.38. The molecule has 2 unspecified atom stereocenters. The van der Waals surface area contributed by atoms with Gasteiger partial charge in [0.1, 0.15) is 0 Å². The van der Waals surface area contributed by atoms with Crippen molar-refractivity contribution in [2.75, 3.05) is 25.5 Å². The Balaban J connectivity index is 2.04. The number of anilines is 1. The number of pyridine rings is 1. The van der Waals surface area contributed by atoms with Gasteiger partial charge in [0, 0.05) is 32.5 Å². The summed E-state index contributed by atoms with van der Waals surface area (Å²) in [5.41, 5.74) is 1.56. The highest BCUT2D eigenvalue weighted by molar-refractivity contribution is 5.99. The van der Waals surface area contributed by atoms with E-state index in [4.69, 9.17) is 0 Å². The van der Waals surface area contributed by atoms with Gasteiger partial charge in [0.05, 0.1) is 11.3 Å². The summed E-state index contributed by atoms with van der Waals surface area (Å²) in [6.45, 7) is 6.06. The Morgan fingerprint density at radius 1 is 1.58 bits per heavy atom. The molecule has 1 heterocycles. The second-order valence-corrected chi connectivity index (χ2v) is 5.51. The zero-order chi connectivity index (χ0) is 13.8. The molecule has 104 valence electrons. The summed E-state index contributed by atoms with van der Waals surface area (Å²) in [5, 5.41) is 3.29. The fourth-order valence-corrected chi connectivity index (χ4v) is 2.27. The van der Waals surface area contributed by atoms with Crippen LogP contribution in [0.5, 0.6) is 0 Å². The quantitative estimate of drug-likeness (QED) is 0.856. The van der Waals surface area contributed by atoms with Crippen LogP contribution in [-0.4, -0.2) is 35.9 Å². The molecule has 19 heavy (non-hydrogen) atoms. The van der Waals surface area contributed by atoms with Crippen LogP contribution in [0.3, 0.4) is 0 Å². The normalized spacial score (nSPS) is 21.0. The Bertz CT molecular complexity index is 447. The third-order valence-electron chi connectivity index (χ3n) is 3.75. The number of aromatic nitrogens is 1. The number of hydrogen-bond donors (Lipinski definition) is 1. The van der Waals surface area contributed by atoms with Crippen LogP contribution in [0, 0.1) is 11.8 Å². The first-order valence-corrected chi connectivity index (χ1v) is 7.06. The van der Waals surface area contributed by atoms with Crippen molar-refractivity contribution < 1.29 is 4.79 Å². The van der Waals surface area contributed by atoms with Crippen LogP contribution in [0.15, 0.2) is 18.5 Å². The van der Waals surface area contributed by atoms with Crippen LogP contribution < -0.4 is 5.32 Å². The zero-order valence-electron chi connectivity index (χ0n) is 12.0. The largest absolute Gasteiger partial charge is 0.384 e. The van der Waals surface area contributed by atoms with Crippen molar-refractivity contribution in [1.29, 1.82) is 0 Å². The number of hydrogen-bond acceptors (Lipinski definition) is 3. The average molecular weight is 261 g/mol. The van der Waals surface area contributed by atoms with E-state index in [0.717, 1.165) is 31.1 Å². The highest BCUT2D eigenvalue weighted by Gasteiger charge is 2.34. The predicted octanol–water partition coefficient (Wildman–Crippen LogP) is 2.63. The molecule has 4 nitrogen and oxygen atoms in total. The second kappa shape index (κ2) is 6.04. The van der Waals surface area contributed by atoms with E-state index < -0.39 is 0 Å². The number of rotatable bonds is 6. The molecule has 1 aliphatic rings. The highest BCUT2D eigenvalue weighted by atomic mass is 16.2. The van der Waals surface area contributed by atoms with Gasteiger partial charge in [0.15, 0.2) is 0 Å². The van der Waals surface area contributed by atoms with Gasteiger partial charge in [-0.2, -0.15) is 0 Å². The Kier molecular flexibility index (Phi) is 4.40. The molecule has 0 radical (unpaired) electrons. The van der Waals surface area contributed by atoms with Gasteiger partial charge in [-0.05, 0) is 30.7 Å². The molecule has 1 amide bonds. The molecule has 0 saturated heterocycles. The maximum atomic E-state index is 12.4. The Morgan fingerprint density at radius 2 is 2.32 bits per heavy atom. The molecule has 1 N–H and O–H groups in total. The lowest BCUT2D eigenvalue weighted by molar-refractivity contribution is 0.0787. The number of carbonyl (C=O) groups is 1. The molecule has 0 aromatic carbocycles. The van der Waals surface area contributed by atoms with E-state index in [1.54, 1.807) is 12.4 Å². The topological polar surface area (TPSA) is 45.2 Å². The molecule has 0 spiro atoms. The molecule has 0 bridgehead atoms. The SMILES string of the molecule is CCCNc1ccncc1C(=O)N(C)CC1CC1C. The van der Waals surface area contributed by atoms with Gasteiger partial charge in [0.2, 0.25) is 0 Å². The summed E-state index contributed by atoms with van der Waals surface area (Å²) >= 11 is 0. The standard InChI is InChI=1S/C15H23N3O/c1-4-6-17-14-5-7-16-9-13(14)15(19)18(3)10-12-8-11(12)2/h5,7,9,11-12H,4,6,8,10H2,1-3H3,(H,16,17). The lowest BCUT2D eigenvalue weighted by Crippen LogP contribution is -2.29. The minimum Gasteiger partial charge on any atom is -0.384 e. The van der Waals surface area contributed by atoms with Crippen LogP contribution in [0.2, 0.25) is 0 Å². The van der Waals surface area contributed by atoms with Gasteiger partial charge in [-0.25, -0.2) is 0 Å². The van der Waals surface area contributed by atoms with Gasteiger partial charge in [-0.3, -0.25) is 9.78 Å². The van der Waals surface area contributed by atoms with E-state index in [2.05, 4.69) is 24.1 Å². The lowest BCUT2D eigenvalue weighted by atomic mass is 10.2. The van der Waals surface area contributed by atoms with Crippen molar-refractivity contribution in [3.05, 3.63) is 24.0 Å². The van der Waals surface area contributed by atoms with Gasteiger partial charge in [-0.15, -0.1) is 0 Å². The Labute approximate surface area is 115 Å². The van der Waals surface area contributed by atoms with Crippen molar-refractivity contribution >= 4 is 11.6 Å². The summed E-state index contributed by atoms with van der Waals surface area (Å²) in [5.74, 6) is 1.50. The first-order valence-electron chi connectivity index (χ1n) is 7.06. The van der Waals surface area contributed by atoms with Crippen LogP contribution in [0.25, 0.3) is 0 Å². The summed E-state index contributed by atoms with van der Waals surface area (Å²) in [6, 6.07) is 1.87. The van der Waals surface area contributed by atoms with E-state index >= 15 is 0 Å². The molecule has 2 rings (SSSR count). The molecule has 1 saturated carbocycles. The predicted molar refractivity (Wildman–Crippen MR) is 77.2 cm³/mol. The summed E-state index contributed by atoms with van der Waals surface area (Å²) in [7, 11) is 1.88. The van der Waals surface area contributed by atoms with Gasteiger partial charge in [0.25, 0.3) is 5.91 Å². The molecule has 0 aliphatic heterocycles. The fourth-order valence-electron chi connectivity index (χ4n) is 2.27. The zero-order valence-corrected chi connectivity index (χ0v) is 12.0. The van der Waals surface area contributed by atoms with Gasteiger partial charge >= 0.3 is 0 Å². The monoisotopic (exact) mass is 261 g/mol. The molecule has 1 fully saturated rings. The van der Waals surface area contributed by atoms with Crippen LogP contribution in [0.4, 0.5) is 5.69 Å². The van der Waals surface area contributed by atoms with E-state index in [1.807, 2.05) is 18.0 Å².